The van der Waals surface area contributed by atoms with E-state index in [-0.39, 0.29) is 17.2 Å². The molecule has 3 aromatic rings. The summed E-state index contributed by atoms with van der Waals surface area (Å²) in [4.78, 5) is 53.3. The molecule has 0 fully saturated rings. The number of carbonyl (C=O) groups is 4. The molecule has 1 aliphatic heterocycles. The molecule has 38 heavy (non-hydrogen) atoms. The molecular weight excluding hydrogens is 504 g/mol. The molecule has 0 atom stereocenters. The first-order valence-corrected chi connectivity index (χ1v) is 12.9. The van der Waals surface area contributed by atoms with Crippen molar-refractivity contribution in [2.45, 2.75) is 25.2 Å². The number of carbonyl (C=O) groups excluding carboxylic acids is 4. The van der Waals surface area contributed by atoms with Gasteiger partial charge < -0.3 is 14.8 Å². The van der Waals surface area contributed by atoms with Crippen molar-refractivity contribution >= 4 is 46.9 Å². The lowest BCUT2D eigenvalue weighted by molar-refractivity contribution is -0.120. The van der Waals surface area contributed by atoms with E-state index >= 15 is 0 Å². The summed E-state index contributed by atoms with van der Waals surface area (Å²) in [6.45, 7) is 4.20. The molecule has 9 heteroatoms. The van der Waals surface area contributed by atoms with Gasteiger partial charge in [-0.15, -0.1) is 0 Å². The van der Waals surface area contributed by atoms with E-state index in [1.807, 2.05) is 37.3 Å². The minimum Gasteiger partial charge on any atom is -0.462 e. The number of ether oxygens (including phenoxy) is 2. The fourth-order valence-corrected chi connectivity index (χ4v) is 4.58. The lowest BCUT2D eigenvalue weighted by atomic mass is 10.2. The number of thioether (sulfide) groups is 1. The van der Waals surface area contributed by atoms with Crippen LogP contribution >= 0.6 is 11.8 Å². The van der Waals surface area contributed by atoms with Crippen molar-refractivity contribution in [3.8, 4) is 0 Å². The minimum atomic E-state index is -0.538. The minimum absolute atomic E-state index is 0.110. The van der Waals surface area contributed by atoms with E-state index in [0.717, 1.165) is 9.80 Å². The van der Waals surface area contributed by atoms with Crippen molar-refractivity contribution in [2.24, 2.45) is 0 Å². The second-order valence-electron chi connectivity index (χ2n) is 8.17. The van der Waals surface area contributed by atoms with E-state index in [1.165, 1.54) is 23.9 Å². The molecule has 4 rings (SSSR count). The Morgan fingerprint density at radius 1 is 0.789 bits per heavy atom. The molecule has 0 aromatic heterocycles. The maximum atomic E-state index is 13.5. The van der Waals surface area contributed by atoms with E-state index in [2.05, 4.69) is 5.32 Å². The Hall–Kier alpha value is -4.37. The van der Waals surface area contributed by atoms with Gasteiger partial charge >= 0.3 is 11.9 Å². The van der Waals surface area contributed by atoms with Crippen LogP contribution in [-0.4, -0.2) is 37.0 Å². The van der Waals surface area contributed by atoms with Gasteiger partial charge in [0.1, 0.15) is 10.6 Å². The molecule has 194 valence electrons. The maximum absolute atomic E-state index is 13.5. The summed E-state index contributed by atoms with van der Waals surface area (Å²) in [5.41, 5.74) is 1.66. The molecule has 2 amide bonds. The van der Waals surface area contributed by atoms with Gasteiger partial charge in [0.2, 0.25) is 0 Å². The monoisotopic (exact) mass is 530 g/mol. The van der Waals surface area contributed by atoms with E-state index in [0.29, 0.717) is 35.5 Å². The highest BCUT2D eigenvalue weighted by atomic mass is 32.2. The van der Waals surface area contributed by atoms with Crippen molar-refractivity contribution in [1.82, 2.24) is 0 Å². The fraction of sp³-hybridized carbons (Fsp3) is 0.172. The number of esters is 2. The number of rotatable bonds is 10. The highest BCUT2D eigenvalue weighted by molar-refractivity contribution is 8.04. The van der Waals surface area contributed by atoms with Crippen molar-refractivity contribution in [2.75, 3.05) is 23.4 Å². The quantitative estimate of drug-likeness (QED) is 0.274. The largest absolute Gasteiger partial charge is 0.462 e. The molecule has 3 aromatic carbocycles. The summed E-state index contributed by atoms with van der Waals surface area (Å²) in [7, 11) is 0. The number of nitrogens with zero attached hydrogens (tertiary/aromatic N) is 1. The maximum Gasteiger partial charge on any atom is 0.338 e. The van der Waals surface area contributed by atoms with Crippen molar-refractivity contribution < 1.29 is 28.7 Å². The summed E-state index contributed by atoms with van der Waals surface area (Å²) in [5, 5.41) is 3.06. The van der Waals surface area contributed by atoms with Crippen molar-refractivity contribution in [3.05, 3.63) is 101 Å². The standard InChI is InChI=1S/C29H26N2O6S/c1-3-18-37-29(35)20-12-16-22(17-13-20)31-26(32)24(25(27(31)33)38-23-8-6-5-7-9-23)30-21-14-10-19(11-15-21)28(34)36-4-2/h5-17,30H,3-4,18H2,1-2H3. The zero-order chi connectivity index (χ0) is 27.1. The average molecular weight is 531 g/mol. The third-order valence-electron chi connectivity index (χ3n) is 5.47. The molecule has 0 radical (unpaired) electrons. The van der Waals surface area contributed by atoms with E-state index < -0.39 is 23.8 Å². The number of hydrogen-bond donors (Lipinski definition) is 1. The average Bonchev–Trinajstić information content (AvgIpc) is 3.16. The SMILES string of the molecule is CCCOC(=O)c1ccc(N2C(=O)C(Nc3ccc(C(=O)OCC)cc3)=C(Sc3ccccc3)C2=O)cc1. The summed E-state index contributed by atoms with van der Waals surface area (Å²) in [6, 6.07) is 21.8. The summed E-state index contributed by atoms with van der Waals surface area (Å²) in [6.07, 6.45) is 0.704. The predicted octanol–water partition coefficient (Wildman–Crippen LogP) is 5.42. The Labute approximate surface area is 224 Å². The topological polar surface area (TPSA) is 102 Å². The van der Waals surface area contributed by atoms with Crippen LogP contribution in [0.5, 0.6) is 0 Å². The molecule has 8 nitrogen and oxygen atoms in total. The third kappa shape index (κ3) is 5.95. The summed E-state index contributed by atoms with van der Waals surface area (Å²) < 4.78 is 10.2. The Balaban J connectivity index is 1.62. The molecule has 1 aliphatic rings. The molecule has 1 N–H and O–H groups in total. The second kappa shape index (κ2) is 12.2. The van der Waals surface area contributed by atoms with Gasteiger partial charge in [-0.2, -0.15) is 0 Å². The van der Waals surface area contributed by atoms with Gasteiger partial charge in [-0.1, -0.05) is 36.9 Å². The Morgan fingerprint density at radius 3 is 2.00 bits per heavy atom. The van der Waals surface area contributed by atoms with Crippen LogP contribution in [0, 0.1) is 0 Å². The number of amides is 2. The lowest BCUT2D eigenvalue weighted by Crippen LogP contribution is -2.32. The first kappa shape index (κ1) is 26.7. The molecule has 1 heterocycles. The van der Waals surface area contributed by atoms with Crippen LogP contribution in [0.25, 0.3) is 0 Å². The van der Waals surface area contributed by atoms with Gasteiger partial charge in [0.15, 0.2) is 0 Å². The summed E-state index contributed by atoms with van der Waals surface area (Å²) in [5.74, 6) is -1.94. The van der Waals surface area contributed by atoms with Gasteiger partial charge in [-0.25, -0.2) is 14.5 Å². The van der Waals surface area contributed by atoms with E-state index in [4.69, 9.17) is 9.47 Å². The first-order valence-electron chi connectivity index (χ1n) is 12.1. The van der Waals surface area contributed by atoms with Crippen molar-refractivity contribution in [3.63, 3.8) is 0 Å². The molecular formula is C29H26N2O6S. The Kier molecular flexibility index (Phi) is 8.60. The van der Waals surface area contributed by atoms with Gasteiger partial charge in [-0.05, 0) is 74.0 Å². The fourth-order valence-electron chi connectivity index (χ4n) is 3.63. The van der Waals surface area contributed by atoms with E-state index in [9.17, 15) is 19.2 Å². The third-order valence-corrected chi connectivity index (χ3v) is 6.56. The normalized spacial score (nSPS) is 13.1. The second-order valence-corrected chi connectivity index (χ2v) is 9.25. The number of anilines is 2. The Bertz CT molecular complexity index is 1370. The number of benzene rings is 3. The highest BCUT2D eigenvalue weighted by Crippen LogP contribution is 2.38. The lowest BCUT2D eigenvalue weighted by Gasteiger charge is -2.16. The molecule has 0 saturated carbocycles. The number of hydrogen-bond acceptors (Lipinski definition) is 8. The molecule has 0 unspecified atom stereocenters. The Morgan fingerprint density at radius 2 is 1.39 bits per heavy atom. The van der Waals surface area contributed by atoms with Crippen LogP contribution in [0.3, 0.4) is 0 Å². The van der Waals surface area contributed by atoms with Crippen LogP contribution in [0.2, 0.25) is 0 Å². The van der Waals surface area contributed by atoms with Crippen LogP contribution in [-0.2, 0) is 19.1 Å². The van der Waals surface area contributed by atoms with Crippen LogP contribution in [0.15, 0.2) is 94.4 Å². The number of imide groups is 1. The van der Waals surface area contributed by atoms with Crippen LogP contribution in [0.1, 0.15) is 41.0 Å². The number of nitrogens with one attached hydrogen (secondary N) is 1. The van der Waals surface area contributed by atoms with Gasteiger partial charge in [-0.3, -0.25) is 9.59 Å². The molecule has 0 aliphatic carbocycles. The van der Waals surface area contributed by atoms with Crippen molar-refractivity contribution in [1.29, 1.82) is 0 Å². The van der Waals surface area contributed by atoms with Crippen LogP contribution in [0.4, 0.5) is 11.4 Å². The molecule has 0 saturated heterocycles. The zero-order valence-electron chi connectivity index (χ0n) is 20.9. The predicted molar refractivity (Wildman–Crippen MR) is 145 cm³/mol. The highest BCUT2D eigenvalue weighted by Gasteiger charge is 2.40. The zero-order valence-corrected chi connectivity index (χ0v) is 21.7. The van der Waals surface area contributed by atoms with Gasteiger partial charge in [0.05, 0.1) is 30.0 Å². The summed E-state index contributed by atoms with van der Waals surface area (Å²) >= 11 is 1.18. The van der Waals surface area contributed by atoms with Crippen LogP contribution < -0.4 is 10.2 Å². The molecule has 0 bridgehead atoms. The van der Waals surface area contributed by atoms with Gasteiger partial charge in [0, 0.05) is 10.6 Å². The van der Waals surface area contributed by atoms with Gasteiger partial charge in [0.25, 0.3) is 11.8 Å². The molecule has 0 spiro atoms. The first-order chi connectivity index (χ1) is 18.4. The van der Waals surface area contributed by atoms with E-state index in [1.54, 1.807) is 43.3 Å². The smallest absolute Gasteiger partial charge is 0.338 e.